The molecular weight excluding hydrogens is 240 g/mol. The largest absolute Gasteiger partial charge is 0.497 e. The maximum atomic E-state index is 10.6. The number of carbonyl (C=O) groups excluding carboxylic acids is 1. The Morgan fingerprint density at radius 3 is 2.79 bits per heavy atom. The third-order valence-electron chi connectivity index (χ3n) is 2.85. The first-order chi connectivity index (χ1) is 9.22. The van der Waals surface area contributed by atoms with Gasteiger partial charge in [-0.1, -0.05) is 12.1 Å². The van der Waals surface area contributed by atoms with E-state index in [1.807, 2.05) is 42.3 Å². The van der Waals surface area contributed by atoms with Gasteiger partial charge < -0.3 is 9.64 Å². The number of hydrogen-bond donors (Lipinski definition) is 0. The highest BCUT2D eigenvalue weighted by Crippen LogP contribution is 2.16. The van der Waals surface area contributed by atoms with E-state index in [0.29, 0.717) is 5.56 Å². The molecular formula is C15H16N2O2. The molecule has 0 saturated heterocycles. The van der Waals surface area contributed by atoms with Crippen LogP contribution in [-0.4, -0.2) is 25.4 Å². The van der Waals surface area contributed by atoms with Crippen molar-refractivity contribution in [2.24, 2.45) is 0 Å². The third-order valence-corrected chi connectivity index (χ3v) is 2.85. The van der Waals surface area contributed by atoms with Gasteiger partial charge in [-0.25, -0.2) is 4.98 Å². The monoisotopic (exact) mass is 256 g/mol. The number of nitrogens with zero attached hydrogens (tertiary/aromatic N) is 2. The molecule has 0 bridgehead atoms. The highest BCUT2D eigenvalue weighted by Gasteiger charge is 2.04. The molecule has 4 nitrogen and oxygen atoms in total. The number of rotatable bonds is 5. The fourth-order valence-corrected chi connectivity index (χ4v) is 1.82. The SMILES string of the molecule is COc1cccc(CN(C)c2ccc(C=O)cn2)c1. The molecule has 1 aromatic carbocycles. The van der Waals surface area contributed by atoms with Gasteiger partial charge in [-0.3, -0.25) is 4.79 Å². The minimum Gasteiger partial charge on any atom is -0.497 e. The number of benzene rings is 1. The van der Waals surface area contributed by atoms with Crippen LogP contribution >= 0.6 is 0 Å². The van der Waals surface area contributed by atoms with E-state index in [9.17, 15) is 4.79 Å². The van der Waals surface area contributed by atoms with E-state index in [1.165, 1.54) is 0 Å². The number of aromatic nitrogens is 1. The topological polar surface area (TPSA) is 42.4 Å². The van der Waals surface area contributed by atoms with Crippen molar-refractivity contribution in [3.8, 4) is 5.75 Å². The van der Waals surface area contributed by atoms with Crippen molar-refractivity contribution in [1.29, 1.82) is 0 Å². The fourth-order valence-electron chi connectivity index (χ4n) is 1.82. The zero-order valence-corrected chi connectivity index (χ0v) is 11.0. The average molecular weight is 256 g/mol. The van der Waals surface area contributed by atoms with Crippen molar-refractivity contribution in [3.63, 3.8) is 0 Å². The molecule has 19 heavy (non-hydrogen) atoms. The smallest absolute Gasteiger partial charge is 0.151 e. The summed E-state index contributed by atoms with van der Waals surface area (Å²) in [6.07, 6.45) is 2.36. The van der Waals surface area contributed by atoms with Crippen molar-refractivity contribution < 1.29 is 9.53 Å². The van der Waals surface area contributed by atoms with Crippen LogP contribution in [0.25, 0.3) is 0 Å². The van der Waals surface area contributed by atoms with Crippen LogP contribution in [0.5, 0.6) is 5.75 Å². The number of carbonyl (C=O) groups is 1. The molecule has 0 radical (unpaired) electrons. The van der Waals surface area contributed by atoms with Crippen molar-refractivity contribution in [2.75, 3.05) is 19.1 Å². The number of methoxy groups -OCH3 is 1. The lowest BCUT2D eigenvalue weighted by Gasteiger charge is -2.18. The Morgan fingerprint density at radius 2 is 2.16 bits per heavy atom. The minimum absolute atomic E-state index is 0.582. The number of ether oxygens (including phenoxy) is 1. The van der Waals surface area contributed by atoms with Crippen LogP contribution in [-0.2, 0) is 6.54 Å². The van der Waals surface area contributed by atoms with E-state index < -0.39 is 0 Å². The van der Waals surface area contributed by atoms with Crippen molar-refractivity contribution in [2.45, 2.75) is 6.54 Å². The van der Waals surface area contributed by atoms with E-state index in [4.69, 9.17) is 4.74 Å². The lowest BCUT2D eigenvalue weighted by molar-refractivity contribution is 0.112. The first kappa shape index (κ1) is 13.1. The van der Waals surface area contributed by atoms with Crippen LogP contribution in [0.15, 0.2) is 42.6 Å². The molecule has 0 aliphatic heterocycles. The molecule has 0 unspecified atom stereocenters. The molecule has 0 amide bonds. The van der Waals surface area contributed by atoms with Crippen LogP contribution in [0, 0.1) is 0 Å². The lowest BCUT2D eigenvalue weighted by atomic mass is 10.2. The molecule has 1 heterocycles. The standard InChI is InChI=1S/C15H16N2O2/c1-17(15-7-6-13(11-18)9-16-15)10-12-4-3-5-14(8-12)19-2/h3-9,11H,10H2,1-2H3. The summed E-state index contributed by atoms with van der Waals surface area (Å²) in [6, 6.07) is 11.5. The second kappa shape index (κ2) is 6.00. The van der Waals surface area contributed by atoms with Gasteiger partial charge in [0.1, 0.15) is 11.6 Å². The van der Waals surface area contributed by atoms with Gasteiger partial charge in [-0.15, -0.1) is 0 Å². The summed E-state index contributed by atoms with van der Waals surface area (Å²) in [5.74, 6) is 1.67. The number of hydrogen-bond acceptors (Lipinski definition) is 4. The molecule has 0 spiro atoms. The predicted molar refractivity (Wildman–Crippen MR) is 74.7 cm³/mol. The summed E-state index contributed by atoms with van der Waals surface area (Å²) in [7, 11) is 3.62. The van der Waals surface area contributed by atoms with E-state index in [1.54, 1.807) is 19.4 Å². The molecule has 0 aliphatic rings. The van der Waals surface area contributed by atoms with E-state index in [0.717, 1.165) is 30.0 Å². The molecule has 0 N–H and O–H groups in total. The maximum absolute atomic E-state index is 10.6. The van der Waals surface area contributed by atoms with Gasteiger partial charge in [0, 0.05) is 25.4 Å². The van der Waals surface area contributed by atoms with Gasteiger partial charge in [-0.05, 0) is 29.8 Å². The summed E-state index contributed by atoms with van der Waals surface area (Å²) in [4.78, 5) is 16.9. The first-order valence-corrected chi connectivity index (χ1v) is 5.98. The summed E-state index contributed by atoms with van der Waals surface area (Å²) in [5, 5.41) is 0. The van der Waals surface area contributed by atoms with Gasteiger partial charge in [0.25, 0.3) is 0 Å². The molecule has 0 atom stereocenters. The summed E-state index contributed by atoms with van der Waals surface area (Å²) < 4.78 is 5.20. The number of pyridine rings is 1. The molecule has 2 rings (SSSR count). The molecule has 0 aliphatic carbocycles. The summed E-state index contributed by atoms with van der Waals surface area (Å²) in [6.45, 7) is 0.727. The van der Waals surface area contributed by atoms with E-state index in [-0.39, 0.29) is 0 Å². The zero-order chi connectivity index (χ0) is 13.7. The molecule has 0 saturated carbocycles. The van der Waals surface area contributed by atoms with Gasteiger partial charge in [0.15, 0.2) is 6.29 Å². The molecule has 4 heteroatoms. The van der Waals surface area contributed by atoms with Crippen LogP contribution in [0.4, 0.5) is 5.82 Å². The fraction of sp³-hybridized carbons (Fsp3) is 0.200. The molecule has 2 aromatic rings. The van der Waals surface area contributed by atoms with Crippen LogP contribution in [0.2, 0.25) is 0 Å². The second-order valence-corrected chi connectivity index (χ2v) is 4.28. The van der Waals surface area contributed by atoms with Crippen molar-refractivity contribution >= 4 is 12.1 Å². The Balaban J connectivity index is 2.10. The van der Waals surface area contributed by atoms with Crippen LogP contribution in [0.3, 0.4) is 0 Å². The summed E-state index contributed by atoms with van der Waals surface area (Å²) >= 11 is 0. The molecule has 0 fully saturated rings. The Labute approximate surface area is 112 Å². The Hall–Kier alpha value is -2.36. The normalized spacial score (nSPS) is 10.0. The lowest BCUT2D eigenvalue weighted by Crippen LogP contribution is -2.17. The van der Waals surface area contributed by atoms with Gasteiger partial charge in [0.05, 0.1) is 7.11 Å². The van der Waals surface area contributed by atoms with Gasteiger partial charge >= 0.3 is 0 Å². The van der Waals surface area contributed by atoms with Gasteiger partial charge in [0.2, 0.25) is 0 Å². The predicted octanol–water partition coefficient (Wildman–Crippen LogP) is 2.54. The Bertz CT molecular complexity index is 552. The van der Waals surface area contributed by atoms with Crippen molar-refractivity contribution in [1.82, 2.24) is 4.98 Å². The number of anilines is 1. The maximum Gasteiger partial charge on any atom is 0.151 e. The third kappa shape index (κ3) is 3.31. The van der Waals surface area contributed by atoms with Crippen LogP contribution < -0.4 is 9.64 Å². The highest BCUT2D eigenvalue weighted by atomic mass is 16.5. The van der Waals surface area contributed by atoms with E-state index >= 15 is 0 Å². The summed E-state index contributed by atoms with van der Waals surface area (Å²) in [5.41, 5.74) is 1.72. The highest BCUT2D eigenvalue weighted by molar-refractivity contribution is 5.74. The van der Waals surface area contributed by atoms with E-state index in [2.05, 4.69) is 4.98 Å². The van der Waals surface area contributed by atoms with Gasteiger partial charge in [-0.2, -0.15) is 0 Å². The molecule has 1 aromatic heterocycles. The van der Waals surface area contributed by atoms with Crippen molar-refractivity contribution in [3.05, 3.63) is 53.7 Å². The zero-order valence-electron chi connectivity index (χ0n) is 11.0. The first-order valence-electron chi connectivity index (χ1n) is 5.98. The van der Waals surface area contributed by atoms with Crippen LogP contribution in [0.1, 0.15) is 15.9 Å². The quantitative estimate of drug-likeness (QED) is 0.771. The Kier molecular flexibility index (Phi) is 4.13. The molecule has 98 valence electrons. The number of aldehydes is 1. The minimum atomic E-state index is 0.582. The average Bonchev–Trinajstić information content (AvgIpc) is 2.47. The Morgan fingerprint density at radius 1 is 1.32 bits per heavy atom. The second-order valence-electron chi connectivity index (χ2n) is 4.28.